The Bertz CT molecular complexity index is 760. The number of aliphatic carboxylic acids is 1. The number of hydrogen-bond donors (Lipinski definition) is 2. The molecule has 0 aliphatic carbocycles. The molecule has 0 amide bonds. The highest BCUT2D eigenvalue weighted by atomic mass is 16.6. The second-order valence-corrected chi connectivity index (χ2v) is 7.03. The Morgan fingerprint density at radius 1 is 1.37 bits per heavy atom. The number of carbonyl (C=O) groups excluding carboxylic acids is 1. The van der Waals surface area contributed by atoms with Crippen molar-refractivity contribution in [3.63, 3.8) is 0 Å². The number of carboxylic acid groups (broad SMARTS) is 1. The van der Waals surface area contributed by atoms with Crippen LogP contribution in [0.2, 0.25) is 0 Å². The molecule has 0 saturated heterocycles. The van der Waals surface area contributed by atoms with E-state index in [1.165, 1.54) is 0 Å². The zero-order chi connectivity index (χ0) is 20.6. The van der Waals surface area contributed by atoms with Crippen LogP contribution < -0.4 is 10.1 Å². The van der Waals surface area contributed by atoms with E-state index in [1.807, 2.05) is 27.7 Å². The Morgan fingerprint density at radius 2 is 2.04 bits per heavy atom. The summed E-state index contributed by atoms with van der Waals surface area (Å²) in [7, 11) is 0. The molecule has 1 heterocycles. The summed E-state index contributed by atoms with van der Waals surface area (Å²) in [6, 6.07) is 2.07. The van der Waals surface area contributed by atoms with Gasteiger partial charge in [-0.25, -0.2) is 14.6 Å². The predicted octanol–water partition coefficient (Wildman–Crippen LogP) is 1.89. The van der Waals surface area contributed by atoms with E-state index in [-0.39, 0.29) is 24.6 Å². The van der Waals surface area contributed by atoms with Crippen LogP contribution in [-0.4, -0.2) is 46.8 Å². The molecule has 2 N–H and O–H groups in total. The highest BCUT2D eigenvalue weighted by molar-refractivity contribution is 5.90. The van der Waals surface area contributed by atoms with Crippen LogP contribution >= 0.6 is 0 Å². The molecule has 0 saturated carbocycles. The molecule has 0 fully saturated rings. The fraction of sp³-hybridized carbons (Fsp3) is 0.474. The first-order valence-electron chi connectivity index (χ1n) is 8.39. The Morgan fingerprint density at radius 3 is 2.59 bits per heavy atom. The average Bonchev–Trinajstić information content (AvgIpc) is 2.57. The van der Waals surface area contributed by atoms with Crippen LogP contribution in [0.5, 0.6) is 5.88 Å². The lowest BCUT2D eigenvalue weighted by atomic mass is 10.1. The number of carboxylic acids is 1. The SMILES string of the molecule is Cc1cnc(OC[C@H](CNC(C)(C)C)OC(=O)/C=C\C(=O)O)c(C#N)c1C. The van der Waals surface area contributed by atoms with Crippen LogP contribution in [0.4, 0.5) is 0 Å². The highest BCUT2D eigenvalue weighted by Crippen LogP contribution is 2.21. The van der Waals surface area contributed by atoms with Crippen LogP contribution in [0.15, 0.2) is 18.3 Å². The largest absolute Gasteiger partial charge is 0.478 e. The molecule has 27 heavy (non-hydrogen) atoms. The van der Waals surface area contributed by atoms with Crippen molar-refractivity contribution in [1.29, 1.82) is 5.26 Å². The molecule has 1 atom stereocenters. The minimum absolute atomic E-state index is 0.0418. The summed E-state index contributed by atoms with van der Waals surface area (Å²) < 4.78 is 10.9. The van der Waals surface area contributed by atoms with Gasteiger partial charge in [0.1, 0.15) is 24.3 Å². The number of ether oxygens (including phenoxy) is 2. The fourth-order valence-corrected chi connectivity index (χ4v) is 1.98. The van der Waals surface area contributed by atoms with Gasteiger partial charge in [0.25, 0.3) is 0 Å². The molecule has 1 aromatic rings. The van der Waals surface area contributed by atoms with Gasteiger partial charge in [-0.3, -0.25) is 0 Å². The maximum atomic E-state index is 11.8. The maximum Gasteiger partial charge on any atom is 0.331 e. The number of carbonyl (C=O) groups is 2. The molecule has 0 unspecified atom stereocenters. The molecule has 0 aliphatic heterocycles. The number of hydrogen-bond acceptors (Lipinski definition) is 7. The zero-order valence-corrected chi connectivity index (χ0v) is 16.2. The second kappa shape index (κ2) is 9.69. The van der Waals surface area contributed by atoms with Crippen LogP contribution in [0.1, 0.15) is 37.5 Å². The Labute approximate surface area is 158 Å². The van der Waals surface area contributed by atoms with Crippen molar-refractivity contribution < 1.29 is 24.2 Å². The summed E-state index contributed by atoms with van der Waals surface area (Å²) in [5, 5.41) is 21.1. The summed E-state index contributed by atoms with van der Waals surface area (Å²) in [4.78, 5) is 26.4. The van der Waals surface area contributed by atoms with Crippen molar-refractivity contribution in [2.24, 2.45) is 0 Å². The Hall–Kier alpha value is -2.92. The van der Waals surface area contributed by atoms with E-state index in [0.29, 0.717) is 11.6 Å². The minimum Gasteiger partial charge on any atom is -0.478 e. The van der Waals surface area contributed by atoms with Gasteiger partial charge in [0, 0.05) is 30.4 Å². The fourth-order valence-electron chi connectivity index (χ4n) is 1.98. The van der Waals surface area contributed by atoms with Gasteiger partial charge in [0.15, 0.2) is 0 Å². The Kier molecular flexibility index (Phi) is 7.94. The third-order valence-electron chi connectivity index (χ3n) is 3.58. The van der Waals surface area contributed by atoms with Crippen LogP contribution in [0, 0.1) is 25.2 Å². The molecular formula is C19H25N3O5. The van der Waals surface area contributed by atoms with E-state index < -0.39 is 18.0 Å². The first-order valence-corrected chi connectivity index (χ1v) is 8.39. The molecule has 1 rings (SSSR count). The van der Waals surface area contributed by atoms with E-state index >= 15 is 0 Å². The van der Waals surface area contributed by atoms with Crippen molar-refractivity contribution in [2.45, 2.75) is 46.3 Å². The standard InChI is InChI=1S/C19H25N3O5/c1-12-9-21-18(15(8-20)13(12)2)26-11-14(10-22-19(3,4)5)27-17(25)7-6-16(23)24/h6-7,9,14,22H,10-11H2,1-5H3,(H,23,24)/b7-6-/t14-/m0/s1. The highest BCUT2D eigenvalue weighted by Gasteiger charge is 2.20. The van der Waals surface area contributed by atoms with Gasteiger partial charge in [-0.15, -0.1) is 0 Å². The lowest BCUT2D eigenvalue weighted by Crippen LogP contribution is -2.44. The normalized spacial score (nSPS) is 12.4. The number of aromatic nitrogens is 1. The number of nitriles is 1. The van der Waals surface area contributed by atoms with Gasteiger partial charge >= 0.3 is 11.9 Å². The number of aryl methyl sites for hydroxylation is 1. The maximum absolute atomic E-state index is 11.8. The van der Waals surface area contributed by atoms with Crippen molar-refractivity contribution in [3.8, 4) is 11.9 Å². The summed E-state index contributed by atoms with van der Waals surface area (Å²) in [5.74, 6) is -1.88. The summed E-state index contributed by atoms with van der Waals surface area (Å²) in [6.07, 6.45) is 2.44. The third kappa shape index (κ3) is 7.88. The summed E-state index contributed by atoms with van der Waals surface area (Å²) in [6.45, 7) is 9.75. The molecular weight excluding hydrogens is 350 g/mol. The quantitative estimate of drug-likeness (QED) is 0.522. The van der Waals surface area contributed by atoms with Gasteiger partial charge in [-0.05, 0) is 45.7 Å². The first-order chi connectivity index (χ1) is 12.5. The molecule has 146 valence electrons. The lowest BCUT2D eigenvalue weighted by molar-refractivity contribution is -0.145. The molecule has 0 spiro atoms. The number of pyridine rings is 1. The van der Waals surface area contributed by atoms with Crippen molar-refractivity contribution >= 4 is 11.9 Å². The smallest absolute Gasteiger partial charge is 0.331 e. The van der Waals surface area contributed by atoms with Crippen LogP contribution in [0.25, 0.3) is 0 Å². The number of rotatable bonds is 8. The van der Waals surface area contributed by atoms with Crippen LogP contribution in [-0.2, 0) is 14.3 Å². The topological polar surface area (TPSA) is 122 Å². The predicted molar refractivity (Wildman–Crippen MR) is 98.3 cm³/mol. The molecule has 0 bridgehead atoms. The van der Waals surface area contributed by atoms with E-state index in [9.17, 15) is 14.9 Å². The van der Waals surface area contributed by atoms with E-state index in [1.54, 1.807) is 13.1 Å². The molecule has 8 nitrogen and oxygen atoms in total. The lowest BCUT2D eigenvalue weighted by Gasteiger charge is -2.25. The van der Waals surface area contributed by atoms with Crippen molar-refractivity contribution in [3.05, 3.63) is 35.0 Å². The molecule has 8 heteroatoms. The first kappa shape index (κ1) is 22.1. The number of nitrogens with zero attached hydrogens (tertiary/aromatic N) is 2. The van der Waals surface area contributed by atoms with Gasteiger partial charge in [0.2, 0.25) is 5.88 Å². The van der Waals surface area contributed by atoms with Gasteiger partial charge in [-0.1, -0.05) is 0 Å². The number of esters is 1. The molecule has 0 aromatic carbocycles. The zero-order valence-electron chi connectivity index (χ0n) is 16.2. The molecule has 0 radical (unpaired) electrons. The Balaban J connectivity index is 2.88. The summed E-state index contributed by atoms with van der Waals surface area (Å²) >= 11 is 0. The van der Waals surface area contributed by atoms with Crippen molar-refractivity contribution in [2.75, 3.05) is 13.2 Å². The third-order valence-corrected chi connectivity index (χ3v) is 3.58. The van der Waals surface area contributed by atoms with E-state index in [2.05, 4.69) is 16.4 Å². The van der Waals surface area contributed by atoms with Crippen LogP contribution in [0.3, 0.4) is 0 Å². The van der Waals surface area contributed by atoms with Gasteiger partial charge in [0.05, 0.1) is 0 Å². The van der Waals surface area contributed by atoms with E-state index in [0.717, 1.165) is 17.2 Å². The average molecular weight is 375 g/mol. The monoisotopic (exact) mass is 375 g/mol. The second-order valence-electron chi connectivity index (χ2n) is 7.03. The van der Waals surface area contributed by atoms with E-state index in [4.69, 9.17) is 14.6 Å². The van der Waals surface area contributed by atoms with Gasteiger partial charge in [-0.2, -0.15) is 5.26 Å². The molecule has 0 aliphatic rings. The molecule has 1 aromatic heterocycles. The summed E-state index contributed by atoms with van der Waals surface area (Å²) in [5.41, 5.74) is 1.75. The minimum atomic E-state index is -1.24. The van der Waals surface area contributed by atoms with Gasteiger partial charge < -0.3 is 19.9 Å². The number of nitrogens with one attached hydrogen (secondary N) is 1. The van der Waals surface area contributed by atoms with Crippen molar-refractivity contribution in [1.82, 2.24) is 10.3 Å².